The highest BCUT2D eigenvalue weighted by Gasteiger charge is 2.30. The predicted molar refractivity (Wildman–Crippen MR) is 76.6 cm³/mol. The largest absolute Gasteiger partial charge is 0.317 e. The fourth-order valence-corrected chi connectivity index (χ4v) is 4.25. The minimum absolute atomic E-state index is 0.0573. The summed E-state index contributed by atoms with van der Waals surface area (Å²) >= 11 is 0. The Morgan fingerprint density at radius 3 is 2.40 bits per heavy atom. The SMILES string of the molecule is CCN(C1CCNCC1)S(=O)(=O)c1ccc(C#N)cc1. The number of nitrogens with zero attached hydrogens (tertiary/aromatic N) is 2. The molecule has 0 atom stereocenters. The Labute approximate surface area is 120 Å². The molecule has 0 aliphatic carbocycles. The van der Waals surface area contributed by atoms with Crippen LogP contribution in [0, 0.1) is 11.3 Å². The van der Waals surface area contributed by atoms with Gasteiger partial charge in [0.05, 0.1) is 16.5 Å². The van der Waals surface area contributed by atoms with Crippen molar-refractivity contribution in [1.29, 1.82) is 5.26 Å². The second-order valence-electron chi connectivity index (χ2n) is 4.83. The van der Waals surface area contributed by atoms with E-state index in [0.717, 1.165) is 25.9 Å². The van der Waals surface area contributed by atoms with Crippen LogP contribution in [0.1, 0.15) is 25.3 Å². The number of hydrogen-bond acceptors (Lipinski definition) is 4. The lowest BCUT2D eigenvalue weighted by atomic mass is 10.1. The van der Waals surface area contributed by atoms with Crippen molar-refractivity contribution in [2.75, 3.05) is 19.6 Å². The number of hydrogen-bond donors (Lipinski definition) is 1. The third-order valence-corrected chi connectivity index (χ3v) is 5.66. The van der Waals surface area contributed by atoms with Crippen molar-refractivity contribution in [2.24, 2.45) is 0 Å². The average Bonchev–Trinajstić information content (AvgIpc) is 2.49. The van der Waals surface area contributed by atoms with Gasteiger partial charge >= 0.3 is 0 Å². The van der Waals surface area contributed by atoms with Crippen molar-refractivity contribution >= 4 is 10.0 Å². The van der Waals surface area contributed by atoms with Crippen LogP contribution < -0.4 is 5.32 Å². The maximum atomic E-state index is 12.7. The first-order chi connectivity index (χ1) is 9.59. The Bertz CT molecular complexity index is 584. The van der Waals surface area contributed by atoms with Crippen LogP contribution in [0.3, 0.4) is 0 Å². The molecule has 1 heterocycles. The molecule has 2 rings (SSSR count). The molecule has 0 bridgehead atoms. The molecule has 1 aromatic carbocycles. The summed E-state index contributed by atoms with van der Waals surface area (Å²) in [6.07, 6.45) is 1.67. The van der Waals surface area contributed by atoms with E-state index in [9.17, 15) is 8.42 Å². The van der Waals surface area contributed by atoms with Gasteiger partial charge in [0.15, 0.2) is 0 Å². The highest BCUT2D eigenvalue weighted by molar-refractivity contribution is 7.89. The molecule has 0 unspecified atom stereocenters. The van der Waals surface area contributed by atoms with Gasteiger partial charge in [-0.25, -0.2) is 8.42 Å². The fraction of sp³-hybridized carbons (Fsp3) is 0.500. The first kappa shape index (κ1) is 15.0. The van der Waals surface area contributed by atoms with E-state index in [1.165, 1.54) is 12.1 Å². The fourth-order valence-electron chi connectivity index (χ4n) is 2.56. The van der Waals surface area contributed by atoms with Crippen LogP contribution in [0.15, 0.2) is 29.2 Å². The predicted octanol–water partition coefficient (Wildman–Crippen LogP) is 1.32. The third kappa shape index (κ3) is 3.01. The summed E-state index contributed by atoms with van der Waals surface area (Å²) in [5, 5.41) is 12.0. The van der Waals surface area contributed by atoms with Gasteiger partial charge in [0.25, 0.3) is 0 Å². The van der Waals surface area contributed by atoms with E-state index in [-0.39, 0.29) is 10.9 Å². The van der Waals surface area contributed by atoms with Gasteiger partial charge in [-0.2, -0.15) is 9.57 Å². The maximum Gasteiger partial charge on any atom is 0.243 e. The van der Waals surface area contributed by atoms with Gasteiger partial charge in [0.2, 0.25) is 10.0 Å². The van der Waals surface area contributed by atoms with Gasteiger partial charge in [-0.1, -0.05) is 6.92 Å². The summed E-state index contributed by atoms with van der Waals surface area (Å²) < 4.78 is 26.9. The Morgan fingerprint density at radius 2 is 1.90 bits per heavy atom. The molecule has 1 N–H and O–H groups in total. The monoisotopic (exact) mass is 293 g/mol. The van der Waals surface area contributed by atoms with Crippen LogP contribution in [-0.2, 0) is 10.0 Å². The van der Waals surface area contributed by atoms with Crippen molar-refractivity contribution in [3.05, 3.63) is 29.8 Å². The molecule has 1 saturated heterocycles. The normalized spacial score (nSPS) is 17.1. The summed E-state index contributed by atoms with van der Waals surface area (Å²) in [6, 6.07) is 8.17. The highest BCUT2D eigenvalue weighted by atomic mass is 32.2. The Morgan fingerprint density at radius 1 is 1.30 bits per heavy atom. The Kier molecular flexibility index (Phi) is 4.76. The summed E-state index contributed by atoms with van der Waals surface area (Å²) in [5.41, 5.74) is 0.467. The molecule has 1 aromatic rings. The smallest absolute Gasteiger partial charge is 0.243 e. The van der Waals surface area contributed by atoms with Crippen molar-refractivity contribution in [3.8, 4) is 6.07 Å². The lowest BCUT2D eigenvalue weighted by Crippen LogP contribution is -2.45. The zero-order valence-corrected chi connectivity index (χ0v) is 12.4. The van der Waals surface area contributed by atoms with Crippen molar-refractivity contribution in [3.63, 3.8) is 0 Å². The number of nitriles is 1. The topological polar surface area (TPSA) is 73.2 Å². The lowest BCUT2D eigenvalue weighted by molar-refractivity contribution is 0.271. The molecule has 20 heavy (non-hydrogen) atoms. The summed E-state index contributed by atoms with van der Waals surface area (Å²) in [6.45, 7) is 4.03. The number of benzene rings is 1. The minimum Gasteiger partial charge on any atom is -0.317 e. The summed E-state index contributed by atoms with van der Waals surface area (Å²) in [7, 11) is -3.48. The maximum absolute atomic E-state index is 12.7. The first-order valence-corrected chi connectivity index (χ1v) is 8.26. The van der Waals surface area contributed by atoms with Gasteiger partial charge < -0.3 is 5.32 Å². The van der Waals surface area contributed by atoms with E-state index in [0.29, 0.717) is 12.1 Å². The average molecular weight is 293 g/mol. The van der Waals surface area contributed by atoms with Gasteiger partial charge in [0, 0.05) is 12.6 Å². The molecular weight excluding hydrogens is 274 g/mol. The van der Waals surface area contributed by atoms with E-state index < -0.39 is 10.0 Å². The van der Waals surface area contributed by atoms with E-state index in [1.54, 1.807) is 16.4 Å². The van der Waals surface area contributed by atoms with Gasteiger partial charge in [0.1, 0.15) is 0 Å². The Balaban J connectivity index is 2.28. The number of piperidine rings is 1. The third-order valence-electron chi connectivity index (χ3n) is 3.62. The lowest BCUT2D eigenvalue weighted by Gasteiger charge is -2.32. The molecule has 0 saturated carbocycles. The molecule has 5 nitrogen and oxygen atoms in total. The van der Waals surface area contributed by atoms with Gasteiger partial charge in [-0.15, -0.1) is 0 Å². The molecule has 0 amide bonds. The van der Waals surface area contributed by atoms with Crippen LogP contribution in [0.5, 0.6) is 0 Å². The molecule has 0 radical (unpaired) electrons. The molecular formula is C14H19N3O2S. The highest BCUT2D eigenvalue weighted by Crippen LogP contribution is 2.22. The van der Waals surface area contributed by atoms with Crippen LogP contribution in [0.25, 0.3) is 0 Å². The van der Waals surface area contributed by atoms with Crippen LogP contribution in [0.4, 0.5) is 0 Å². The molecule has 1 fully saturated rings. The molecule has 1 aliphatic heterocycles. The Hall–Kier alpha value is -1.42. The van der Waals surface area contributed by atoms with Crippen molar-refractivity contribution < 1.29 is 8.42 Å². The van der Waals surface area contributed by atoms with E-state index >= 15 is 0 Å². The van der Waals surface area contributed by atoms with E-state index in [4.69, 9.17) is 5.26 Å². The standard InChI is InChI=1S/C14H19N3O2S/c1-2-17(13-7-9-16-10-8-13)20(18,19)14-5-3-12(11-15)4-6-14/h3-6,13,16H,2,7-10H2,1H3. The van der Waals surface area contributed by atoms with Crippen LogP contribution in [-0.4, -0.2) is 38.4 Å². The van der Waals surface area contributed by atoms with E-state index in [2.05, 4.69) is 5.32 Å². The van der Waals surface area contributed by atoms with Crippen LogP contribution in [0.2, 0.25) is 0 Å². The zero-order valence-electron chi connectivity index (χ0n) is 11.5. The van der Waals surface area contributed by atoms with Gasteiger partial charge in [-0.3, -0.25) is 0 Å². The molecule has 1 aliphatic rings. The van der Waals surface area contributed by atoms with Crippen molar-refractivity contribution in [1.82, 2.24) is 9.62 Å². The summed E-state index contributed by atoms with van der Waals surface area (Å²) in [4.78, 5) is 0.261. The van der Waals surface area contributed by atoms with Crippen LogP contribution >= 0.6 is 0 Å². The minimum atomic E-state index is -3.48. The molecule has 108 valence electrons. The molecule has 0 spiro atoms. The second kappa shape index (κ2) is 6.35. The number of sulfonamides is 1. The zero-order chi connectivity index (χ0) is 14.6. The second-order valence-corrected chi connectivity index (χ2v) is 6.72. The van der Waals surface area contributed by atoms with Gasteiger partial charge in [-0.05, 0) is 50.2 Å². The summed E-state index contributed by atoms with van der Waals surface area (Å²) in [5.74, 6) is 0. The number of nitrogens with one attached hydrogen (secondary N) is 1. The number of rotatable bonds is 4. The molecule has 6 heteroatoms. The first-order valence-electron chi connectivity index (χ1n) is 6.82. The quantitative estimate of drug-likeness (QED) is 0.908. The van der Waals surface area contributed by atoms with E-state index in [1.807, 2.05) is 13.0 Å². The van der Waals surface area contributed by atoms with Crippen molar-refractivity contribution in [2.45, 2.75) is 30.7 Å². The molecule has 0 aromatic heterocycles.